The number of halogens is 1. The van der Waals surface area contributed by atoms with E-state index in [2.05, 4.69) is 12.1 Å². The van der Waals surface area contributed by atoms with Crippen molar-refractivity contribution in [3.05, 3.63) is 59.9 Å². The summed E-state index contributed by atoms with van der Waals surface area (Å²) < 4.78 is 18.4. The number of rotatable bonds is 4. The molecule has 0 amide bonds. The second-order valence-corrected chi connectivity index (χ2v) is 3.94. The topological polar surface area (TPSA) is 9.23 Å². The minimum atomic E-state index is -0.214. The Morgan fingerprint density at radius 1 is 1.12 bits per heavy atom. The van der Waals surface area contributed by atoms with Crippen LogP contribution in [0.3, 0.4) is 0 Å². The van der Waals surface area contributed by atoms with Crippen molar-refractivity contribution in [2.24, 2.45) is 0 Å². The molecule has 0 saturated heterocycles. The van der Waals surface area contributed by atoms with Crippen LogP contribution in [0.1, 0.15) is 5.56 Å². The normalized spacial score (nSPS) is 10.0. The lowest BCUT2D eigenvalue weighted by atomic mass is 9.65. The van der Waals surface area contributed by atoms with Crippen molar-refractivity contribution in [1.82, 2.24) is 0 Å². The van der Waals surface area contributed by atoms with Crippen molar-refractivity contribution in [2.75, 3.05) is 7.11 Å². The van der Waals surface area contributed by atoms with Crippen LogP contribution in [0.2, 0.25) is 0 Å². The Morgan fingerprint density at radius 2 is 1.88 bits per heavy atom. The Hall–Kier alpha value is -1.77. The molecule has 2 aromatic carbocycles. The highest BCUT2D eigenvalue weighted by Crippen LogP contribution is 2.08. The van der Waals surface area contributed by atoms with Crippen molar-refractivity contribution >= 4 is 12.7 Å². The highest BCUT2D eigenvalue weighted by Gasteiger charge is 2.06. The van der Waals surface area contributed by atoms with E-state index in [1.165, 1.54) is 11.6 Å². The Kier molecular flexibility index (Phi) is 3.81. The van der Waals surface area contributed by atoms with E-state index in [0.29, 0.717) is 0 Å². The van der Waals surface area contributed by atoms with Crippen molar-refractivity contribution in [3.63, 3.8) is 0 Å². The molecular formula is C14H14BFO. The van der Waals surface area contributed by atoms with E-state index in [1.54, 1.807) is 19.2 Å². The van der Waals surface area contributed by atoms with Gasteiger partial charge in [0.2, 0.25) is 0 Å². The van der Waals surface area contributed by atoms with E-state index in [1.807, 2.05) is 18.2 Å². The van der Waals surface area contributed by atoms with Gasteiger partial charge in [0.05, 0.1) is 7.11 Å². The fourth-order valence-corrected chi connectivity index (χ4v) is 1.87. The molecule has 2 aromatic rings. The summed E-state index contributed by atoms with van der Waals surface area (Å²) in [6.45, 7) is 0. The fraction of sp³-hybridized carbons (Fsp3) is 0.143. The molecule has 86 valence electrons. The number of ether oxygens (including phenoxy) is 1. The van der Waals surface area contributed by atoms with Crippen LogP contribution in [0, 0.1) is 5.82 Å². The maximum atomic E-state index is 13.2. The zero-order valence-electron chi connectivity index (χ0n) is 9.82. The van der Waals surface area contributed by atoms with Gasteiger partial charge in [-0.3, -0.25) is 0 Å². The van der Waals surface area contributed by atoms with Crippen molar-refractivity contribution in [2.45, 2.75) is 6.32 Å². The van der Waals surface area contributed by atoms with E-state index in [9.17, 15) is 4.39 Å². The summed E-state index contributed by atoms with van der Waals surface area (Å²) >= 11 is 0. The van der Waals surface area contributed by atoms with Crippen LogP contribution in [0.4, 0.5) is 4.39 Å². The van der Waals surface area contributed by atoms with E-state index < -0.39 is 0 Å². The molecule has 0 bridgehead atoms. The van der Waals surface area contributed by atoms with Gasteiger partial charge in [-0.1, -0.05) is 35.9 Å². The van der Waals surface area contributed by atoms with Crippen molar-refractivity contribution in [3.8, 4) is 5.75 Å². The molecule has 1 nitrogen and oxygen atoms in total. The van der Waals surface area contributed by atoms with E-state index in [-0.39, 0.29) is 5.82 Å². The van der Waals surface area contributed by atoms with Crippen LogP contribution in [-0.4, -0.2) is 14.4 Å². The fourth-order valence-electron chi connectivity index (χ4n) is 1.87. The Balaban J connectivity index is 2.11. The number of hydrogen-bond acceptors (Lipinski definition) is 1. The lowest BCUT2D eigenvalue weighted by molar-refractivity contribution is 0.417. The summed E-state index contributed by atoms with van der Waals surface area (Å²) in [4.78, 5) is 0. The SMILES string of the molecule is COc1ccc(F)cc1BCc1ccccc1. The van der Waals surface area contributed by atoms with Gasteiger partial charge in [0.15, 0.2) is 7.28 Å². The third kappa shape index (κ3) is 3.10. The van der Waals surface area contributed by atoms with Gasteiger partial charge < -0.3 is 4.74 Å². The van der Waals surface area contributed by atoms with Crippen LogP contribution < -0.4 is 10.2 Å². The molecule has 0 fully saturated rings. The predicted molar refractivity (Wildman–Crippen MR) is 69.9 cm³/mol. The summed E-state index contributed by atoms with van der Waals surface area (Å²) in [5, 5.41) is 0. The van der Waals surface area contributed by atoms with Crippen LogP contribution in [0.25, 0.3) is 0 Å². The molecule has 0 aliphatic heterocycles. The van der Waals surface area contributed by atoms with Crippen LogP contribution in [0.15, 0.2) is 48.5 Å². The maximum Gasteiger partial charge on any atom is 0.167 e. The zero-order valence-corrected chi connectivity index (χ0v) is 9.82. The van der Waals surface area contributed by atoms with Gasteiger partial charge in [0, 0.05) is 0 Å². The lowest BCUT2D eigenvalue weighted by Gasteiger charge is -2.07. The van der Waals surface area contributed by atoms with Gasteiger partial charge in [0.1, 0.15) is 11.6 Å². The molecule has 3 heteroatoms. The molecule has 17 heavy (non-hydrogen) atoms. The third-order valence-corrected chi connectivity index (χ3v) is 2.77. The smallest absolute Gasteiger partial charge is 0.167 e. The van der Waals surface area contributed by atoms with Crippen LogP contribution >= 0.6 is 0 Å². The molecule has 2 rings (SSSR count). The number of benzene rings is 2. The molecule has 0 saturated carbocycles. The first kappa shape index (κ1) is 11.7. The minimum absolute atomic E-state index is 0.214. The molecule has 0 aliphatic rings. The van der Waals surface area contributed by atoms with E-state index >= 15 is 0 Å². The van der Waals surface area contributed by atoms with Crippen LogP contribution in [0.5, 0.6) is 5.75 Å². The average Bonchev–Trinajstić information content (AvgIpc) is 2.38. The standard InChI is InChI=1S/C14H14BFO/c1-17-14-8-7-12(16)9-13(14)15-10-11-5-3-2-4-6-11/h2-9,15H,10H2,1H3. The van der Waals surface area contributed by atoms with Gasteiger partial charge in [-0.05, 0) is 30.0 Å². The first-order valence-electron chi connectivity index (χ1n) is 5.66. The summed E-state index contributed by atoms with van der Waals surface area (Å²) in [5.74, 6) is 0.538. The molecule has 0 aromatic heterocycles. The van der Waals surface area contributed by atoms with Gasteiger partial charge in [0.25, 0.3) is 0 Å². The van der Waals surface area contributed by atoms with Gasteiger partial charge in [-0.15, -0.1) is 0 Å². The summed E-state index contributed by atoms with van der Waals surface area (Å²) in [5.41, 5.74) is 2.16. The Labute approximate surface area is 101 Å². The van der Waals surface area contributed by atoms with E-state index in [0.717, 1.165) is 24.8 Å². The highest BCUT2D eigenvalue weighted by molar-refractivity contribution is 6.54. The van der Waals surface area contributed by atoms with Gasteiger partial charge in [-0.25, -0.2) is 4.39 Å². The quantitative estimate of drug-likeness (QED) is 0.728. The molecule has 0 aliphatic carbocycles. The second kappa shape index (κ2) is 5.53. The Bertz CT molecular complexity index is 485. The summed E-state index contributed by atoms with van der Waals surface area (Å²) in [6.07, 6.45) is 0.890. The molecule has 0 atom stereocenters. The first-order chi connectivity index (χ1) is 8.29. The molecule has 0 N–H and O–H groups in total. The lowest BCUT2D eigenvalue weighted by Crippen LogP contribution is -2.19. The van der Waals surface area contributed by atoms with Gasteiger partial charge >= 0.3 is 0 Å². The number of hydrogen-bond donors (Lipinski definition) is 0. The van der Waals surface area contributed by atoms with Gasteiger partial charge in [-0.2, -0.15) is 0 Å². The zero-order chi connectivity index (χ0) is 12.1. The molecule has 0 unspecified atom stereocenters. The summed E-state index contributed by atoms with van der Waals surface area (Å²) in [6, 6.07) is 14.8. The molecular weight excluding hydrogens is 214 g/mol. The number of methoxy groups -OCH3 is 1. The first-order valence-corrected chi connectivity index (χ1v) is 5.66. The maximum absolute atomic E-state index is 13.2. The molecule has 0 radical (unpaired) electrons. The van der Waals surface area contributed by atoms with Crippen molar-refractivity contribution in [1.29, 1.82) is 0 Å². The second-order valence-electron chi connectivity index (χ2n) is 3.94. The average molecular weight is 228 g/mol. The third-order valence-electron chi connectivity index (χ3n) is 2.77. The highest BCUT2D eigenvalue weighted by atomic mass is 19.1. The molecule has 0 spiro atoms. The monoisotopic (exact) mass is 228 g/mol. The predicted octanol–water partition coefficient (Wildman–Crippen LogP) is 2.10. The minimum Gasteiger partial charge on any atom is -0.497 e. The molecule has 0 heterocycles. The largest absolute Gasteiger partial charge is 0.497 e. The van der Waals surface area contributed by atoms with Crippen molar-refractivity contribution < 1.29 is 9.13 Å². The Morgan fingerprint density at radius 3 is 2.59 bits per heavy atom. The summed E-state index contributed by atoms with van der Waals surface area (Å²) in [7, 11) is 2.39. The van der Waals surface area contributed by atoms with E-state index in [4.69, 9.17) is 4.74 Å². The van der Waals surface area contributed by atoms with Crippen LogP contribution in [-0.2, 0) is 6.32 Å².